The zero-order valence-corrected chi connectivity index (χ0v) is 13.7. The first-order chi connectivity index (χ1) is 12.6. The van der Waals surface area contributed by atoms with Crippen molar-refractivity contribution in [3.05, 3.63) is 78.0 Å². The highest BCUT2D eigenvalue weighted by atomic mass is 16.6. The number of nitrogens with zero attached hydrogens (tertiary/aromatic N) is 2. The molecule has 0 bridgehead atoms. The summed E-state index contributed by atoms with van der Waals surface area (Å²) >= 11 is 0. The van der Waals surface area contributed by atoms with E-state index < -0.39 is 11.9 Å². The SMILES string of the molecule is O=C(COc1cc(C(=O)O)nn1-c1ccccc1)OCc1ccccc1. The van der Waals surface area contributed by atoms with E-state index in [4.69, 9.17) is 14.6 Å². The normalized spacial score (nSPS) is 10.3. The average molecular weight is 352 g/mol. The largest absolute Gasteiger partial charge is 0.476 e. The first-order valence-electron chi connectivity index (χ1n) is 7.84. The number of para-hydroxylation sites is 1. The number of carbonyl (C=O) groups excluding carboxylic acids is 1. The molecule has 1 N–H and O–H groups in total. The molecule has 0 radical (unpaired) electrons. The number of carboxylic acid groups (broad SMARTS) is 1. The molecule has 3 aromatic rings. The molecule has 26 heavy (non-hydrogen) atoms. The van der Waals surface area contributed by atoms with Gasteiger partial charge in [0.05, 0.1) is 5.69 Å². The van der Waals surface area contributed by atoms with Gasteiger partial charge in [-0.25, -0.2) is 14.3 Å². The first kappa shape index (κ1) is 17.2. The standard InChI is InChI=1S/C19H16N2O5/c22-18(26-12-14-7-3-1-4-8-14)13-25-17-11-16(19(23)24)20-21(17)15-9-5-2-6-10-15/h1-11H,12-13H2,(H,23,24). The van der Waals surface area contributed by atoms with Crippen molar-refractivity contribution in [2.24, 2.45) is 0 Å². The van der Waals surface area contributed by atoms with Crippen LogP contribution in [0.15, 0.2) is 66.7 Å². The van der Waals surface area contributed by atoms with Gasteiger partial charge < -0.3 is 14.6 Å². The fourth-order valence-corrected chi connectivity index (χ4v) is 2.24. The monoisotopic (exact) mass is 352 g/mol. The molecular weight excluding hydrogens is 336 g/mol. The molecule has 0 saturated heterocycles. The Labute approximate surface area is 149 Å². The maximum atomic E-state index is 11.9. The zero-order chi connectivity index (χ0) is 18.4. The summed E-state index contributed by atoms with van der Waals surface area (Å²) in [5.41, 5.74) is 1.30. The molecule has 132 valence electrons. The van der Waals surface area contributed by atoms with Crippen LogP contribution < -0.4 is 4.74 Å². The Balaban J connectivity index is 1.67. The summed E-state index contributed by atoms with van der Waals surface area (Å²) in [6.07, 6.45) is 0. The summed E-state index contributed by atoms with van der Waals surface area (Å²) in [4.78, 5) is 23.1. The summed E-state index contributed by atoms with van der Waals surface area (Å²) < 4.78 is 11.9. The molecule has 7 heteroatoms. The summed E-state index contributed by atoms with van der Waals surface area (Å²) in [5.74, 6) is -1.60. The number of hydrogen-bond acceptors (Lipinski definition) is 5. The fourth-order valence-electron chi connectivity index (χ4n) is 2.24. The van der Waals surface area contributed by atoms with Crippen LogP contribution >= 0.6 is 0 Å². The molecular formula is C19H16N2O5. The van der Waals surface area contributed by atoms with Gasteiger partial charge in [0.15, 0.2) is 12.3 Å². The Morgan fingerprint density at radius 3 is 2.31 bits per heavy atom. The lowest BCUT2D eigenvalue weighted by molar-refractivity contribution is -0.147. The van der Waals surface area contributed by atoms with E-state index in [-0.39, 0.29) is 24.8 Å². The smallest absolute Gasteiger partial charge is 0.356 e. The Kier molecular flexibility index (Phi) is 5.28. The molecule has 0 aliphatic rings. The molecule has 0 aliphatic carbocycles. The van der Waals surface area contributed by atoms with E-state index in [1.54, 1.807) is 24.3 Å². The number of carboxylic acids is 1. The molecule has 0 amide bonds. The number of rotatable bonds is 7. The van der Waals surface area contributed by atoms with Crippen LogP contribution in [-0.4, -0.2) is 33.4 Å². The predicted molar refractivity (Wildman–Crippen MR) is 92.3 cm³/mol. The number of aromatic carboxylic acids is 1. The molecule has 3 rings (SSSR count). The maximum Gasteiger partial charge on any atom is 0.356 e. The van der Waals surface area contributed by atoms with Crippen molar-refractivity contribution in [2.75, 3.05) is 6.61 Å². The molecule has 1 heterocycles. The van der Waals surface area contributed by atoms with Crippen LogP contribution in [0, 0.1) is 0 Å². The summed E-state index contributed by atoms with van der Waals surface area (Å²) in [6.45, 7) is -0.216. The van der Waals surface area contributed by atoms with E-state index in [9.17, 15) is 9.59 Å². The number of carbonyl (C=O) groups is 2. The van der Waals surface area contributed by atoms with Gasteiger partial charge in [-0.3, -0.25) is 0 Å². The third-order valence-corrected chi connectivity index (χ3v) is 3.48. The third-order valence-electron chi connectivity index (χ3n) is 3.48. The highest BCUT2D eigenvalue weighted by Crippen LogP contribution is 2.19. The van der Waals surface area contributed by atoms with E-state index in [1.165, 1.54) is 10.7 Å². The number of benzene rings is 2. The number of ether oxygens (including phenoxy) is 2. The van der Waals surface area contributed by atoms with Crippen LogP contribution in [0.2, 0.25) is 0 Å². The number of esters is 1. The topological polar surface area (TPSA) is 90.7 Å². The molecule has 0 spiro atoms. The van der Waals surface area contributed by atoms with Crippen LogP contribution in [0.1, 0.15) is 16.1 Å². The van der Waals surface area contributed by atoms with Gasteiger partial charge in [0.1, 0.15) is 6.61 Å². The Bertz CT molecular complexity index is 891. The van der Waals surface area contributed by atoms with Crippen molar-refractivity contribution in [3.8, 4) is 11.6 Å². The summed E-state index contributed by atoms with van der Waals surface area (Å²) in [6, 6.07) is 19.4. The summed E-state index contributed by atoms with van der Waals surface area (Å²) in [7, 11) is 0. The van der Waals surface area contributed by atoms with Gasteiger partial charge in [-0.05, 0) is 17.7 Å². The minimum absolute atomic E-state index is 0.140. The number of hydrogen-bond donors (Lipinski definition) is 1. The third kappa shape index (κ3) is 4.27. The van der Waals surface area contributed by atoms with E-state index in [2.05, 4.69) is 5.10 Å². The molecule has 1 aromatic heterocycles. The Morgan fingerprint density at radius 2 is 1.65 bits per heavy atom. The van der Waals surface area contributed by atoms with Crippen molar-refractivity contribution < 1.29 is 24.2 Å². The number of aromatic nitrogens is 2. The van der Waals surface area contributed by atoms with Crippen LogP contribution in [0.3, 0.4) is 0 Å². The van der Waals surface area contributed by atoms with Gasteiger partial charge in [-0.1, -0.05) is 48.5 Å². The molecule has 0 atom stereocenters. The van der Waals surface area contributed by atoms with Gasteiger partial charge in [-0.2, -0.15) is 5.10 Å². The van der Waals surface area contributed by atoms with E-state index >= 15 is 0 Å². The lowest BCUT2D eigenvalue weighted by Crippen LogP contribution is -2.16. The maximum absolute atomic E-state index is 11.9. The Hall–Kier alpha value is -3.61. The van der Waals surface area contributed by atoms with E-state index in [0.717, 1.165) is 5.56 Å². The molecule has 0 saturated carbocycles. The van der Waals surface area contributed by atoms with Gasteiger partial charge >= 0.3 is 11.9 Å². The van der Waals surface area contributed by atoms with Gasteiger partial charge in [-0.15, -0.1) is 0 Å². The van der Waals surface area contributed by atoms with Crippen molar-refractivity contribution in [1.29, 1.82) is 0 Å². The first-order valence-corrected chi connectivity index (χ1v) is 7.84. The minimum Gasteiger partial charge on any atom is -0.476 e. The van der Waals surface area contributed by atoms with E-state index in [0.29, 0.717) is 5.69 Å². The molecule has 0 unspecified atom stereocenters. The highest BCUT2D eigenvalue weighted by molar-refractivity contribution is 5.85. The molecule has 7 nitrogen and oxygen atoms in total. The van der Waals surface area contributed by atoms with Crippen molar-refractivity contribution in [3.63, 3.8) is 0 Å². The van der Waals surface area contributed by atoms with Crippen molar-refractivity contribution in [2.45, 2.75) is 6.61 Å². The van der Waals surface area contributed by atoms with Crippen molar-refractivity contribution in [1.82, 2.24) is 9.78 Å². The molecule has 0 aliphatic heterocycles. The van der Waals surface area contributed by atoms with Gasteiger partial charge in [0, 0.05) is 6.07 Å². The van der Waals surface area contributed by atoms with Crippen molar-refractivity contribution >= 4 is 11.9 Å². The quantitative estimate of drug-likeness (QED) is 0.658. The Morgan fingerprint density at radius 1 is 1.00 bits per heavy atom. The predicted octanol–water partition coefficient (Wildman–Crippen LogP) is 2.69. The second kappa shape index (κ2) is 7.98. The van der Waals surface area contributed by atoms with Crippen LogP contribution in [0.25, 0.3) is 5.69 Å². The van der Waals surface area contributed by atoms with Crippen LogP contribution in [-0.2, 0) is 16.1 Å². The molecule has 0 fully saturated rings. The summed E-state index contributed by atoms with van der Waals surface area (Å²) in [5, 5.41) is 13.1. The lowest BCUT2D eigenvalue weighted by Gasteiger charge is -2.09. The molecule has 2 aromatic carbocycles. The van der Waals surface area contributed by atoms with E-state index in [1.807, 2.05) is 36.4 Å². The second-order valence-electron chi connectivity index (χ2n) is 5.36. The zero-order valence-electron chi connectivity index (χ0n) is 13.7. The van der Waals surface area contributed by atoms with Gasteiger partial charge in [0.25, 0.3) is 0 Å². The minimum atomic E-state index is -1.18. The van der Waals surface area contributed by atoms with Crippen LogP contribution in [0.5, 0.6) is 5.88 Å². The lowest BCUT2D eigenvalue weighted by atomic mass is 10.2. The fraction of sp³-hybridized carbons (Fsp3) is 0.105. The average Bonchev–Trinajstić information content (AvgIpc) is 3.11. The van der Waals surface area contributed by atoms with Crippen LogP contribution in [0.4, 0.5) is 0 Å². The van der Waals surface area contributed by atoms with Gasteiger partial charge in [0.2, 0.25) is 5.88 Å². The highest BCUT2D eigenvalue weighted by Gasteiger charge is 2.17. The second-order valence-corrected chi connectivity index (χ2v) is 5.36.